The van der Waals surface area contributed by atoms with E-state index in [9.17, 15) is 24.9 Å². The number of aromatic hydroxyl groups is 3. The highest BCUT2D eigenvalue weighted by Gasteiger charge is 2.32. The number of amidine groups is 1. The standard InChI is InChI=1S/C22H27N5O5S/c1-13(5-6-14(2)27-9-3-4-10-27)24-18(29)11-17-21(32)25-22(33-17)26-23-12-15-7-8-16(28)20(31)19(15)30/h5-8,12,17,28,30-31H,3-4,9-11H2,1-2H3,(H,24,29)(H,25,26,32)/b13-5+,14-6+,23-12+. The number of benzene rings is 1. The second-order valence-corrected chi connectivity index (χ2v) is 8.91. The molecular weight excluding hydrogens is 446 g/mol. The highest BCUT2D eigenvalue weighted by Crippen LogP contribution is 2.36. The summed E-state index contributed by atoms with van der Waals surface area (Å²) < 4.78 is 0. The number of carbonyl (C=O) groups excluding carboxylic acids is 2. The van der Waals surface area contributed by atoms with Gasteiger partial charge < -0.3 is 30.9 Å². The van der Waals surface area contributed by atoms with Gasteiger partial charge in [0, 0.05) is 36.5 Å². The van der Waals surface area contributed by atoms with E-state index in [0.717, 1.165) is 30.5 Å². The van der Waals surface area contributed by atoms with Gasteiger partial charge in [-0.1, -0.05) is 11.8 Å². The molecule has 0 spiro atoms. The first-order valence-corrected chi connectivity index (χ1v) is 11.3. The molecule has 1 unspecified atom stereocenters. The Kier molecular flexibility index (Phi) is 7.99. The number of nitrogens with one attached hydrogen (secondary N) is 2. The van der Waals surface area contributed by atoms with Gasteiger partial charge in [0.15, 0.2) is 16.7 Å². The molecule has 2 heterocycles. The van der Waals surface area contributed by atoms with Crippen molar-refractivity contribution < 1.29 is 24.9 Å². The molecule has 10 nitrogen and oxygen atoms in total. The largest absolute Gasteiger partial charge is 0.504 e. The third-order valence-electron chi connectivity index (χ3n) is 5.17. The van der Waals surface area contributed by atoms with Gasteiger partial charge in [-0.25, -0.2) is 0 Å². The Bertz CT molecular complexity index is 1040. The molecule has 2 aliphatic rings. The van der Waals surface area contributed by atoms with Crippen LogP contribution in [-0.4, -0.2) is 61.8 Å². The summed E-state index contributed by atoms with van der Waals surface area (Å²) in [4.78, 5) is 26.8. The third-order valence-corrected chi connectivity index (χ3v) is 6.24. The minimum atomic E-state index is -0.660. The molecule has 33 heavy (non-hydrogen) atoms. The predicted octanol–water partition coefficient (Wildman–Crippen LogP) is 2.13. The smallest absolute Gasteiger partial charge is 0.240 e. The van der Waals surface area contributed by atoms with Crippen molar-refractivity contribution in [3.05, 3.63) is 41.2 Å². The number of amides is 2. The van der Waals surface area contributed by atoms with Gasteiger partial charge in [0.2, 0.25) is 17.6 Å². The van der Waals surface area contributed by atoms with E-state index >= 15 is 0 Å². The first-order chi connectivity index (χ1) is 15.7. The Balaban J connectivity index is 1.52. The Labute approximate surface area is 195 Å². The van der Waals surface area contributed by atoms with Crippen LogP contribution in [0.2, 0.25) is 0 Å². The number of phenols is 3. The van der Waals surface area contributed by atoms with Crippen molar-refractivity contribution in [2.45, 2.75) is 38.4 Å². The summed E-state index contributed by atoms with van der Waals surface area (Å²) in [5.74, 6) is -2.28. The summed E-state index contributed by atoms with van der Waals surface area (Å²) in [7, 11) is 0. The first kappa shape index (κ1) is 24.2. The van der Waals surface area contributed by atoms with Crippen molar-refractivity contribution >= 4 is 35.0 Å². The highest BCUT2D eigenvalue weighted by molar-refractivity contribution is 8.15. The fourth-order valence-electron chi connectivity index (χ4n) is 3.32. The van der Waals surface area contributed by atoms with Gasteiger partial charge in [-0.3, -0.25) is 9.59 Å². The van der Waals surface area contributed by atoms with Crippen molar-refractivity contribution in [1.29, 1.82) is 0 Å². The van der Waals surface area contributed by atoms with E-state index < -0.39 is 22.5 Å². The maximum Gasteiger partial charge on any atom is 0.240 e. The highest BCUT2D eigenvalue weighted by atomic mass is 32.2. The lowest BCUT2D eigenvalue weighted by molar-refractivity contribution is -0.124. The van der Waals surface area contributed by atoms with E-state index in [4.69, 9.17) is 0 Å². The molecule has 1 aromatic carbocycles. The Morgan fingerprint density at radius 1 is 1.21 bits per heavy atom. The van der Waals surface area contributed by atoms with E-state index in [1.807, 2.05) is 19.1 Å². The van der Waals surface area contributed by atoms with Crippen molar-refractivity contribution in [1.82, 2.24) is 15.5 Å². The predicted molar refractivity (Wildman–Crippen MR) is 127 cm³/mol. The van der Waals surface area contributed by atoms with Crippen LogP contribution < -0.4 is 10.6 Å². The second kappa shape index (κ2) is 10.9. The molecular formula is C22H27N5O5S. The molecule has 2 amide bonds. The quantitative estimate of drug-likeness (QED) is 0.176. The third kappa shape index (κ3) is 6.51. The van der Waals surface area contributed by atoms with Crippen LogP contribution in [0.1, 0.15) is 38.7 Å². The van der Waals surface area contributed by atoms with Gasteiger partial charge in [0.25, 0.3) is 0 Å². The molecule has 0 aromatic heterocycles. The van der Waals surface area contributed by atoms with Gasteiger partial charge in [-0.15, -0.1) is 5.10 Å². The maximum absolute atomic E-state index is 12.3. The van der Waals surface area contributed by atoms with Crippen molar-refractivity contribution in [2.24, 2.45) is 10.2 Å². The zero-order valence-electron chi connectivity index (χ0n) is 18.4. The zero-order chi connectivity index (χ0) is 24.0. The number of phenolic OH excluding ortho intramolecular Hbond substituents is 3. The fraction of sp³-hybridized carbons (Fsp3) is 0.364. The molecule has 0 bridgehead atoms. The maximum atomic E-state index is 12.3. The van der Waals surface area contributed by atoms with Crippen molar-refractivity contribution in [3.8, 4) is 17.2 Å². The summed E-state index contributed by atoms with van der Waals surface area (Å²) in [6.45, 7) is 5.96. The molecule has 0 saturated carbocycles. The average Bonchev–Trinajstić information content (AvgIpc) is 3.42. The van der Waals surface area contributed by atoms with Crippen molar-refractivity contribution in [2.75, 3.05) is 13.1 Å². The van der Waals surface area contributed by atoms with Gasteiger partial charge in [0.05, 0.1) is 6.21 Å². The van der Waals surface area contributed by atoms with Crippen LogP contribution >= 0.6 is 11.8 Å². The molecule has 2 fully saturated rings. The zero-order valence-corrected chi connectivity index (χ0v) is 19.2. The van der Waals surface area contributed by atoms with E-state index in [-0.39, 0.29) is 29.0 Å². The summed E-state index contributed by atoms with van der Waals surface area (Å²) in [6.07, 6.45) is 7.38. The lowest BCUT2D eigenvalue weighted by Crippen LogP contribution is -2.30. The minimum absolute atomic E-state index is 0.0220. The van der Waals surface area contributed by atoms with Crippen LogP contribution in [0.3, 0.4) is 0 Å². The average molecular weight is 474 g/mol. The summed E-state index contributed by atoms with van der Waals surface area (Å²) in [6, 6.07) is 2.55. The molecule has 3 rings (SSSR count). The molecule has 11 heteroatoms. The molecule has 2 saturated heterocycles. The van der Waals surface area contributed by atoms with E-state index in [0.29, 0.717) is 5.70 Å². The van der Waals surface area contributed by atoms with Crippen molar-refractivity contribution in [3.63, 3.8) is 0 Å². The van der Waals surface area contributed by atoms with E-state index in [1.54, 1.807) is 6.92 Å². The van der Waals surface area contributed by atoms with Crippen LogP contribution in [0, 0.1) is 0 Å². The van der Waals surface area contributed by atoms with E-state index in [2.05, 4.69) is 25.7 Å². The topological polar surface area (TPSA) is 147 Å². The molecule has 0 aliphatic carbocycles. The number of hydrogen-bond acceptors (Lipinski definition) is 9. The van der Waals surface area contributed by atoms with Crippen LogP contribution in [-0.2, 0) is 9.59 Å². The Hall–Kier alpha value is -3.47. The number of allylic oxidation sites excluding steroid dienone is 4. The lowest BCUT2D eigenvalue weighted by Gasteiger charge is -2.17. The molecule has 0 radical (unpaired) electrons. The number of hydrogen-bond donors (Lipinski definition) is 5. The van der Waals surface area contributed by atoms with Crippen LogP contribution in [0.5, 0.6) is 17.2 Å². The van der Waals surface area contributed by atoms with Gasteiger partial charge >= 0.3 is 0 Å². The number of rotatable bonds is 7. The summed E-state index contributed by atoms with van der Waals surface area (Å²) >= 11 is 1.08. The van der Waals surface area contributed by atoms with Gasteiger partial charge in [-0.2, -0.15) is 5.10 Å². The monoisotopic (exact) mass is 473 g/mol. The summed E-state index contributed by atoms with van der Waals surface area (Å²) in [5.41, 5.74) is 1.98. The molecule has 5 N–H and O–H groups in total. The Morgan fingerprint density at radius 3 is 2.67 bits per heavy atom. The van der Waals surface area contributed by atoms with Gasteiger partial charge in [0.1, 0.15) is 5.25 Å². The fourth-order valence-corrected chi connectivity index (χ4v) is 4.24. The number of carbonyl (C=O) groups is 2. The molecule has 176 valence electrons. The van der Waals surface area contributed by atoms with Crippen LogP contribution in [0.25, 0.3) is 0 Å². The molecule has 1 aromatic rings. The summed E-state index contributed by atoms with van der Waals surface area (Å²) in [5, 5.41) is 41.2. The SMILES string of the molecule is C/C(=C\C=C(/C)N1CCCC1)NC(=O)CC1S/C(=N/N=C/c2ccc(O)c(O)c2O)NC1=O. The minimum Gasteiger partial charge on any atom is -0.504 e. The van der Waals surface area contributed by atoms with Crippen LogP contribution in [0.15, 0.2) is 45.9 Å². The lowest BCUT2D eigenvalue weighted by atomic mass is 10.2. The normalized spacial score (nSPS) is 20.7. The molecule has 1 atom stereocenters. The number of likely N-dealkylation sites (tertiary alicyclic amines) is 1. The van der Waals surface area contributed by atoms with Gasteiger partial charge in [-0.05, 0) is 51.0 Å². The van der Waals surface area contributed by atoms with Crippen LogP contribution in [0.4, 0.5) is 0 Å². The Morgan fingerprint density at radius 2 is 1.94 bits per heavy atom. The first-order valence-electron chi connectivity index (χ1n) is 10.5. The number of nitrogens with zero attached hydrogens (tertiary/aromatic N) is 3. The molecule has 2 aliphatic heterocycles. The number of thioether (sulfide) groups is 1. The second-order valence-electron chi connectivity index (χ2n) is 7.72. The van der Waals surface area contributed by atoms with E-state index in [1.165, 1.54) is 31.2 Å².